The van der Waals surface area contributed by atoms with Gasteiger partial charge in [-0.3, -0.25) is 4.98 Å². The molecule has 1 nitrogen and oxygen atoms in total. The molecule has 0 aliphatic carbocycles. The molecular weight excluding hydrogens is 134 g/mol. The highest BCUT2D eigenvalue weighted by atomic mass is 35.5. The lowest BCUT2D eigenvalue weighted by Crippen LogP contribution is -1.79. The van der Waals surface area contributed by atoms with E-state index < -0.39 is 0 Å². The van der Waals surface area contributed by atoms with Gasteiger partial charge in [-0.1, -0.05) is 18.5 Å². The van der Waals surface area contributed by atoms with Crippen LogP contribution in [-0.2, 0) is 0 Å². The Morgan fingerprint density at radius 1 is 1.67 bits per heavy atom. The van der Waals surface area contributed by atoms with Gasteiger partial charge >= 0.3 is 0 Å². The van der Waals surface area contributed by atoms with Crippen molar-refractivity contribution in [2.75, 3.05) is 0 Å². The molecule has 1 rings (SSSR count). The summed E-state index contributed by atoms with van der Waals surface area (Å²) >= 11 is 5.75. The monoisotopic (exact) mass is 140 g/mol. The van der Waals surface area contributed by atoms with E-state index in [0.717, 1.165) is 10.6 Å². The van der Waals surface area contributed by atoms with E-state index in [4.69, 9.17) is 11.6 Å². The molecule has 0 aromatic carbocycles. The van der Waals surface area contributed by atoms with Gasteiger partial charge in [0, 0.05) is 17.4 Å². The van der Waals surface area contributed by atoms with Crippen LogP contribution < -0.4 is 0 Å². The molecule has 0 spiro atoms. The molecule has 0 aliphatic heterocycles. The average molecular weight is 141 g/mol. The fourth-order valence-corrected chi connectivity index (χ4v) is 0.816. The van der Waals surface area contributed by atoms with E-state index >= 15 is 0 Å². The van der Waals surface area contributed by atoms with Crippen molar-refractivity contribution in [1.82, 2.24) is 4.98 Å². The number of aromatic nitrogens is 1. The van der Waals surface area contributed by atoms with Gasteiger partial charge < -0.3 is 0 Å². The van der Waals surface area contributed by atoms with E-state index in [-0.39, 0.29) is 0 Å². The van der Waals surface area contributed by atoms with Gasteiger partial charge in [0.05, 0.1) is 0 Å². The lowest BCUT2D eigenvalue weighted by Gasteiger charge is -1.95. The molecule has 0 unspecified atom stereocenters. The molecule has 1 aromatic heterocycles. The molecule has 9 heavy (non-hydrogen) atoms. The number of pyridine rings is 1. The number of hydrogen-bond donors (Lipinski definition) is 0. The van der Waals surface area contributed by atoms with Gasteiger partial charge in [-0.25, -0.2) is 0 Å². The Bertz CT molecular complexity index is 198. The van der Waals surface area contributed by atoms with Crippen LogP contribution in [0, 0.1) is 6.42 Å². The van der Waals surface area contributed by atoms with Crippen molar-refractivity contribution in [3.63, 3.8) is 0 Å². The maximum Gasteiger partial charge on any atom is 0.0471 e. The quantitative estimate of drug-likeness (QED) is 0.584. The second kappa shape index (κ2) is 2.83. The first kappa shape index (κ1) is 6.56. The van der Waals surface area contributed by atoms with E-state index in [1.54, 1.807) is 18.5 Å². The first-order valence-corrected chi connectivity index (χ1v) is 3.11. The number of hydrogen-bond acceptors (Lipinski definition) is 1. The van der Waals surface area contributed by atoms with Gasteiger partial charge in [-0.05, 0) is 18.1 Å². The van der Waals surface area contributed by atoms with E-state index in [2.05, 4.69) is 4.98 Å². The molecule has 0 bridgehead atoms. The molecule has 0 fully saturated rings. The first-order valence-electron chi connectivity index (χ1n) is 2.73. The molecular formula is C7H7ClN. The lowest BCUT2D eigenvalue weighted by molar-refractivity contribution is 1.27. The summed E-state index contributed by atoms with van der Waals surface area (Å²) in [6.45, 7) is 1.93. The summed E-state index contributed by atoms with van der Waals surface area (Å²) in [6, 6.07) is 1.77. The summed E-state index contributed by atoms with van der Waals surface area (Å²) in [7, 11) is 0. The number of nitrogens with zero attached hydrogens (tertiary/aromatic N) is 1. The highest BCUT2D eigenvalue weighted by molar-refractivity contribution is 6.31. The Kier molecular flexibility index (Phi) is 2.06. The Labute approximate surface area is 59.7 Å². The van der Waals surface area contributed by atoms with Crippen molar-refractivity contribution in [1.29, 1.82) is 0 Å². The third kappa shape index (κ3) is 1.42. The summed E-state index contributed by atoms with van der Waals surface area (Å²) in [5.74, 6) is 0. The minimum Gasteiger partial charge on any atom is -0.264 e. The van der Waals surface area contributed by atoms with Gasteiger partial charge in [-0.15, -0.1) is 0 Å². The van der Waals surface area contributed by atoms with Crippen LogP contribution in [0.15, 0.2) is 18.5 Å². The summed E-state index contributed by atoms with van der Waals surface area (Å²) in [5.41, 5.74) is 0.985. The van der Waals surface area contributed by atoms with E-state index in [0.29, 0.717) is 0 Å². The minimum absolute atomic E-state index is 0.757. The van der Waals surface area contributed by atoms with Crippen molar-refractivity contribution in [3.8, 4) is 0 Å². The zero-order valence-corrected chi connectivity index (χ0v) is 5.89. The molecule has 1 heterocycles. The molecule has 2 heteroatoms. The molecule has 1 aromatic rings. The van der Waals surface area contributed by atoms with E-state index in [1.807, 2.05) is 13.3 Å². The Hall–Kier alpha value is -0.560. The second-order valence-corrected chi connectivity index (χ2v) is 2.09. The van der Waals surface area contributed by atoms with Crippen molar-refractivity contribution >= 4 is 11.6 Å². The topological polar surface area (TPSA) is 12.9 Å². The standard InChI is InChI=1S/C7H7ClN/c1-2-6-5-9-4-3-7(6)8/h2-5H,1H3. The van der Waals surface area contributed by atoms with Gasteiger partial charge in [0.2, 0.25) is 0 Å². The van der Waals surface area contributed by atoms with Crippen molar-refractivity contribution < 1.29 is 0 Å². The van der Waals surface area contributed by atoms with Crippen LogP contribution >= 0.6 is 11.6 Å². The molecule has 47 valence electrons. The Morgan fingerprint density at radius 2 is 2.44 bits per heavy atom. The summed E-state index contributed by atoms with van der Waals surface area (Å²) in [6.07, 6.45) is 5.34. The fourth-order valence-electron chi connectivity index (χ4n) is 0.602. The summed E-state index contributed by atoms with van der Waals surface area (Å²) in [4.78, 5) is 3.90. The maximum absolute atomic E-state index is 5.75. The third-order valence-corrected chi connectivity index (χ3v) is 1.45. The summed E-state index contributed by atoms with van der Waals surface area (Å²) in [5, 5.41) is 0.757. The van der Waals surface area contributed by atoms with Gasteiger partial charge in [0.25, 0.3) is 0 Å². The van der Waals surface area contributed by atoms with Crippen LogP contribution in [0.4, 0.5) is 0 Å². The van der Waals surface area contributed by atoms with Crippen LogP contribution in [0.1, 0.15) is 12.5 Å². The van der Waals surface area contributed by atoms with E-state index in [9.17, 15) is 0 Å². The van der Waals surface area contributed by atoms with Crippen LogP contribution in [0.3, 0.4) is 0 Å². The van der Waals surface area contributed by atoms with E-state index in [1.165, 1.54) is 0 Å². The molecule has 0 amide bonds. The predicted molar refractivity (Wildman–Crippen MR) is 38.3 cm³/mol. The zero-order chi connectivity index (χ0) is 6.69. The highest BCUT2D eigenvalue weighted by Crippen LogP contribution is 2.13. The number of halogens is 1. The van der Waals surface area contributed by atoms with Gasteiger partial charge in [0.1, 0.15) is 0 Å². The maximum atomic E-state index is 5.75. The van der Waals surface area contributed by atoms with Crippen molar-refractivity contribution in [2.24, 2.45) is 0 Å². The van der Waals surface area contributed by atoms with Gasteiger partial charge in [-0.2, -0.15) is 0 Å². The predicted octanol–water partition coefficient (Wildman–Crippen LogP) is 2.31. The fraction of sp³-hybridized carbons (Fsp3) is 0.143. The smallest absolute Gasteiger partial charge is 0.0471 e. The lowest BCUT2D eigenvalue weighted by atomic mass is 10.2. The van der Waals surface area contributed by atoms with Gasteiger partial charge in [0.15, 0.2) is 0 Å². The molecule has 0 atom stereocenters. The average Bonchev–Trinajstić information content (AvgIpc) is 1.89. The molecule has 0 N–H and O–H groups in total. The zero-order valence-electron chi connectivity index (χ0n) is 5.13. The molecule has 0 saturated carbocycles. The number of rotatable bonds is 1. The van der Waals surface area contributed by atoms with Crippen LogP contribution in [0.5, 0.6) is 0 Å². The summed E-state index contributed by atoms with van der Waals surface area (Å²) < 4.78 is 0. The normalized spacial score (nSPS) is 9.56. The van der Waals surface area contributed by atoms with Crippen molar-refractivity contribution in [3.05, 3.63) is 35.5 Å². The van der Waals surface area contributed by atoms with Crippen molar-refractivity contribution in [2.45, 2.75) is 6.92 Å². The second-order valence-electron chi connectivity index (χ2n) is 1.69. The first-order chi connectivity index (χ1) is 4.34. The third-order valence-electron chi connectivity index (χ3n) is 1.11. The largest absolute Gasteiger partial charge is 0.264 e. The molecule has 1 radical (unpaired) electrons. The SMILES string of the molecule is C[CH]c1cnccc1Cl. The van der Waals surface area contributed by atoms with Crippen LogP contribution in [-0.4, -0.2) is 4.98 Å². The van der Waals surface area contributed by atoms with Crippen LogP contribution in [0.2, 0.25) is 5.02 Å². The molecule has 0 saturated heterocycles. The molecule has 0 aliphatic rings. The van der Waals surface area contributed by atoms with Crippen LogP contribution in [0.25, 0.3) is 0 Å². The highest BCUT2D eigenvalue weighted by Gasteiger charge is 1.93. The Balaban J connectivity index is 3.01. The minimum atomic E-state index is 0.757. The Morgan fingerprint density at radius 3 is 2.89 bits per heavy atom.